The molecule has 0 bridgehead atoms. The number of rotatable bonds is 5. The summed E-state index contributed by atoms with van der Waals surface area (Å²) >= 11 is 12.0. The average Bonchev–Trinajstić information content (AvgIpc) is 3.08. The highest BCUT2D eigenvalue weighted by Gasteiger charge is 2.26. The summed E-state index contributed by atoms with van der Waals surface area (Å²) in [5.41, 5.74) is 0.877. The van der Waals surface area contributed by atoms with Crippen molar-refractivity contribution in [3.8, 4) is 17.2 Å². The lowest BCUT2D eigenvalue weighted by Crippen LogP contribution is -2.02. The van der Waals surface area contributed by atoms with E-state index in [2.05, 4.69) is 0 Å². The summed E-state index contributed by atoms with van der Waals surface area (Å²) in [6.07, 6.45) is 4.25. The number of carbonyl (C=O) groups excluding carboxylic acids is 1. The topological polar surface area (TPSA) is 68.9 Å². The Morgan fingerprint density at radius 2 is 1.88 bits per heavy atom. The number of furan rings is 1. The predicted octanol–water partition coefficient (Wildman–Crippen LogP) is 5.36. The van der Waals surface area contributed by atoms with E-state index in [1.54, 1.807) is 24.3 Å². The molecule has 3 rings (SSSR count). The molecule has 1 heterocycles. The normalized spacial score (nSPS) is 11.2. The first kappa shape index (κ1) is 18.2. The van der Waals surface area contributed by atoms with Gasteiger partial charge < -0.3 is 19.0 Å². The molecule has 2 aromatic carbocycles. The van der Waals surface area contributed by atoms with Crippen LogP contribution >= 0.6 is 23.2 Å². The van der Waals surface area contributed by atoms with Gasteiger partial charge in [0, 0.05) is 10.0 Å². The summed E-state index contributed by atoms with van der Waals surface area (Å²) in [4.78, 5) is 12.7. The van der Waals surface area contributed by atoms with Crippen LogP contribution in [-0.2, 0) is 0 Å². The molecular formula is C19H14Cl2O5. The van der Waals surface area contributed by atoms with Gasteiger partial charge in [0.25, 0.3) is 0 Å². The number of hydrogen-bond acceptors (Lipinski definition) is 5. The van der Waals surface area contributed by atoms with E-state index in [1.807, 2.05) is 0 Å². The van der Waals surface area contributed by atoms with Gasteiger partial charge in [-0.3, -0.25) is 4.79 Å². The number of hydrogen-bond donors (Lipinski definition) is 1. The molecule has 0 atom stereocenters. The third-order valence-electron chi connectivity index (χ3n) is 3.83. The van der Waals surface area contributed by atoms with Crippen molar-refractivity contribution in [1.29, 1.82) is 0 Å². The number of phenolic OH excluding ortho intramolecular Hbond substituents is 1. The quantitative estimate of drug-likeness (QED) is 0.467. The molecule has 0 aliphatic carbocycles. The second-order valence-corrected chi connectivity index (χ2v) is 6.16. The van der Waals surface area contributed by atoms with Crippen molar-refractivity contribution in [3.05, 3.63) is 57.8 Å². The highest BCUT2D eigenvalue weighted by Crippen LogP contribution is 2.45. The molecule has 0 saturated heterocycles. The standard InChI is InChI=1S/C19H14Cl2O5/c1-24-17-12-7-8-26-18(12)19(25-2)16(23)15(17)14(22)6-4-10-3-5-11(20)9-13(10)21/h3-9,23H,1-2H3/b6-4+. The Bertz CT molecular complexity index is 1020. The Hall–Kier alpha value is -2.63. The zero-order valence-electron chi connectivity index (χ0n) is 13.9. The van der Waals surface area contributed by atoms with Crippen LogP contribution in [0, 0.1) is 0 Å². The van der Waals surface area contributed by atoms with E-state index < -0.39 is 5.78 Å². The zero-order chi connectivity index (χ0) is 18.8. The van der Waals surface area contributed by atoms with Gasteiger partial charge >= 0.3 is 0 Å². The molecule has 7 heteroatoms. The van der Waals surface area contributed by atoms with Crippen LogP contribution in [-0.4, -0.2) is 25.1 Å². The van der Waals surface area contributed by atoms with E-state index >= 15 is 0 Å². The van der Waals surface area contributed by atoms with Gasteiger partial charge in [0.2, 0.25) is 5.75 Å². The molecule has 5 nitrogen and oxygen atoms in total. The van der Waals surface area contributed by atoms with Gasteiger partial charge in [-0.15, -0.1) is 0 Å². The summed E-state index contributed by atoms with van der Waals surface area (Å²) in [5.74, 6) is -0.577. The fraction of sp³-hybridized carbons (Fsp3) is 0.105. The number of phenols is 1. The molecular weight excluding hydrogens is 379 g/mol. The number of ether oxygens (including phenoxy) is 2. The molecule has 0 fully saturated rings. The van der Waals surface area contributed by atoms with Crippen molar-refractivity contribution in [2.75, 3.05) is 14.2 Å². The highest BCUT2D eigenvalue weighted by molar-refractivity contribution is 6.35. The van der Waals surface area contributed by atoms with Crippen molar-refractivity contribution in [2.24, 2.45) is 0 Å². The lowest BCUT2D eigenvalue weighted by molar-refractivity contribution is 0.104. The molecule has 134 valence electrons. The Kier molecular flexibility index (Phi) is 5.11. The molecule has 0 spiro atoms. The molecule has 0 radical (unpaired) electrons. The van der Waals surface area contributed by atoms with Crippen LogP contribution < -0.4 is 9.47 Å². The van der Waals surface area contributed by atoms with E-state index in [1.165, 1.54) is 32.6 Å². The van der Waals surface area contributed by atoms with Crippen molar-refractivity contribution >= 4 is 46.0 Å². The van der Waals surface area contributed by atoms with E-state index in [9.17, 15) is 9.90 Å². The number of methoxy groups -OCH3 is 2. The first-order valence-corrected chi connectivity index (χ1v) is 8.25. The summed E-state index contributed by atoms with van der Waals surface area (Å²) < 4.78 is 15.9. The second-order valence-electron chi connectivity index (χ2n) is 5.32. The molecule has 1 aromatic heterocycles. The van der Waals surface area contributed by atoms with Crippen LogP contribution in [0.4, 0.5) is 0 Å². The largest absolute Gasteiger partial charge is 0.504 e. The average molecular weight is 393 g/mol. The van der Waals surface area contributed by atoms with E-state index in [-0.39, 0.29) is 22.8 Å². The Balaban J connectivity index is 2.10. The second kappa shape index (κ2) is 7.32. The molecule has 0 aliphatic rings. The summed E-state index contributed by atoms with van der Waals surface area (Å²) in [6.45, 7) is 0. The summed E-state index contributed by atoms with van der Waals surface area (Å²) in [5, 5.41) is 11.9. The SMILES string of the molecule is COc1c(C(=O)/C=C/c2ccc(Cl)cc2Cl)c(O)c(OC)c2occc12. The monoisotopic (exact) mass is 392 g/mol. The highest BCUT2D eigenvalue weighted by atomic mass is 35.5. The number of aromatic hydroxyl groups is 1. The minimum atomic E-state index is -0.480. The maximum absolute atomic E-state index is 12.7. The van der Waals surface area contributed by atoms with Crippen LogP contribution in [0.15, 0.2) is 41.0 Å². The van der Waals surface area contributed by atoms with Gasteiger partial charge in [0.05, 0.1) is 25.9 Å². The minimum Gasteiger partial charge on any atom is -0.504 e. The molecule has 3 aromatic rings. The molecule has 0 unspecified atom stereocenters. The fourth-order valence-corrected chi connectivity index (χ4v) is 3.11. The van der Waals surface area contributed by atoms with Crippen LogP contribution in [0.2, 0.25) is 10.0 Å². The van der Waals surface area contributed by atoms with Crippen molar-refractivity contribution in [3.63, 3.8) is 0 Å². The number of halogens is 2. The van der Waals surface area contributed by atoms with Crippen molar-refractivity contribution in [1.82, 2.24) is 0 Å². The molecule has 0 aliphatic heterocycles. The van der Waals surface area contributed by atoms with Gasteiger partial charge in [-0.05, 0) is 35.9 Å². The molecule has 26 heavy (non-hydrogen) atoms. The zero-order valence-corrected chi connectivity index (χ0v) is 15.4. The number of carbonyl (C=O) groups is 1. The maximum atomic E-state index is 12.7. The summed E-state index contributed by atoms with van der Waals surface area (Å²) in [7, 11) is 2.78. The Labute approximate surface area is 159 Å². The maximum Gasteiger partial charge on any atom is 0.205 e. The summed E-state index contributed by atoms with van der Waals surface area (Å²) in [6, 6.07) is 6.56. The number of benzene rings is 2. The third kappa shape index (κ3) is 3.11. The lowest BCUT2D eigenvalue weighted by atomic mass is 10.0. The van der Waals surface area contributed by atoms with Crippen LogP contribution in [0.3, 0.4) is 0 Å². The molecule has 0 saturated carbocycles. The first-order valence-electron chi connectivity index (χ1n) is 7.49. The van der Waals surface area contributed by atoms with Gasteiger partial charge in [0.1, 0.15) is 11.3 Å². The third-order valence-corrected chi connectivity index (χ3v) is 4.39. The minimum absolute atomic E-state index is 0.0282. The van der Waals surface area contributed by atoms with Gasteiger partial charge in [0.15, 0.2) is 17.1 Å². The lowest BCUT2D eigenvalue weighted by Gasteiger charge is -2.13. The van der Waals surface area contributed by atoms with Crippen molar-refractivity contribution < 1.29 is 23.8 Å². The number of allylic oxidation sites excluding steroid dienone is 1. The van der Waals surface area contributed by atoms with Crippen LogP contribution in [0.1, 0.15) is 15.9 Å². The molecule has 0 amide bonds. The first-order chi connectivity index (χ1) is 12.5. The van der Waals surface area contributed by atoms with E-state index in [0.717, 1.165) is 0 Å². The van der Waals surface area contributed by atoms with Crippen molar-refractivity contribution in [2.45, 2.75) is 0 Å². The van der Waals surface area contributed by atoms with E-state index in [4.69, 9.17) is 37.1 Å². The predicted molar refractivity (Wildman–Crippen MR) is 101 cm³/mol. The smallest absolute Gasteiger partial charge is 0.205 e. The Morgan fingerprint density at radius 3 is 2.54 bits per heavy atom. The molecule has 1 N–H and O–H groups in total. The number of ketones is 1. The van der Waals surface area contributed by atoms with E-state index in [0.29, 0.717) is 26.6 Å². The van der Waals surface area contributed by atoms with Crippen LogP contribution in [0.5, 0.6) is 17.2 Å². The van der Waals surface area contributed by atoms with Gasteiger partial charge in [-0.25, -0.2) is 0 Å². The van der Waals surface area contributed by atoms with Gasteiger partial charge in [-0.1, -0.05) is 29.3 Å². The van der Waals surface area contributed by atoms with Crippen LogP contribution in [0.25, 0.3) is 17.0 Å². The van der Waals surface area contributed by atoms with Gasteiger partial charge in [-0.2, -0.15) is 0 Å². The fourth-order valence-electron chi connectivity index (χ4n) is 2.64. The Morgan fingerprint density at radius 1 is 1.15 bits per heavy atom. The number of fused-ring (bicyclic) bond motifs is 1.